The van der Waals surface area contributed by atoms with Gasteiger partial charge in [0.15, 0.2) is 0 Å². The normalized spacial score (nSPS) is 14.8. The maximum absolute atomic E-state index is 6.10. The number of fused-ring (bicyclic) bond motifs is 1. The highest BCUT2D eigenvalue weighted by Crippen LogP contribution is 2.41. The average Bonchev–Trinajstić information content (AvgIpc) is 3.19. The first-order chi connectivity index (χ1) is 9.74. The predicted molar refractivity (Wildman–Crippen MR) is 84.0 cm³/mol. The van der Waals surface area contributed by atoms with Crippen molar-refractivity contribution in [2.24, 2.45) is 0 Å². The topological polar surface area (TPSA) is 51.8 Å². The predicted octanol–water partition coefficient (Wildman–Crippen LogP) is 4.13. The maximum Gasteiger partial charge on any atom is 0.134 e. The third kappa shape index (κ3) is 1.79. The van der Waals surface area contributed by atoms with Crippen molar-refractivity contribution < 1.29 is 0 Å². The van der Waals surface area contributed by atoms with Gasteiger partial charge in [0.05, 0.1) is 5.69 Å². The highest BCUT2D eigenvalue weighted by Gasteiger charge is 2.28. The number of hydrogen-bond acceptors (Lipinski definition) is 4. The molecule has 0 atom stereocenters. The summed E-state index contributed by atoms with van der Waals surface area (Å²) in [6.07, 6.45) is 2.37. The van der Waals surface area contributed by atoms with Crippen LogP contribution in [0.5, 0.6) is 0 Å². The molecule has 0 saturated heterocycles. The zero-order chi connectivity index (χ0) is 13.7. The Morgan fingerprint density at radius 1 is 1.20 bits per heavy atom. The first-order valence-corrected chi connectivity index (χ1v) is 7.72. The second-order valence-electron chi connectivity index (χ2n) is 5.36. The summed E-state index contributed by atoms with van der Waals surface area (Å²) in [5.74, 6) is 2.04. The first kappa shape index (κ1) is 11.9. The number of anilines is 1. The molecule has 0 aliphatic heterocycles. The molecule has 0 unspecified atom stereocenters. The van der Waals surface area contributed by atoms with E-state index < -0.39 is 0 Å². The van der Waals surface area contributed by atoms with Crippen LogP contribution in [0.2, 0.25) is 0 Å². The Hall–Kier alpha value is -1.94. The van der Waals surface area contributed by atoms with E-state index in [-0.39, 0.29) is 0 Å². The van der Waals surface area contributed by atoms with E-state index in [4.69, 9.17) is 10.7 Å². The van der Waals surface area contributed by atoms with Crippen molar-refractivity contribution >= 4 is 27.2 Å². The second-order valence-corrected chi connectivity index (χ2v) is 6.28. The van der Waals surface area contributed by atoms with E-state index >= 15 is 0 Å². The number of nitrogen functional groups attached to an aromatic ring is 1. The Balaban J connectivity index is 1.99. The molecule has 1 aromatic carbocycles. The van der Waals surface area contributed by atoms with Crippen molar-refractivity contribution in [1.82, 2.24) is 9.97 Å². The van der Waals surface area contributed by atoms with Gasteiger partial charge >= 0.3 is 0 Å². The Bertz CT molecular complexity index is 803. The van der Waals surface area contributed by atoms with Gasteiger partial charge in [-0.2, -0.15) is 0 Å². The van der Waals surface area contributed by atoms with E-state index in [1.54, 1.807) is 11.3 Å². The van der Waals surface area contributed by atoms with Crippen LogP contribution < -0.4 is 5.73 Å². The van der Waals surface area contributed by atoms with Gasteiger partial charge in [0.25, 0.3) is 0 Å². The molecule has 100 valence electrons. The number of nitrogens with two attached hydrogens (primary N) is 1. The van der Waals surface area contributed by atoms with Gasteiger partial charge in [-0.05, 0) is 36.6 Å². The summed E-state index contributed by atoms with van der Waals surface area (Å²) in [6, 6.07) is 8.49. The SMILES string of the molecule is Cc1c(N)nc(C2CC2)nc1-c1cccc2ccsc12. The Morgan fingerprint density at radius 2 is 2.05 bits per heavy atom. The molecule has 4 heteroatoms. The molecule has 0 radical (unpaired) electrons. The van der Waals surface area contributed by atoms with Crippen LogP contribution in [0.1, 0.15) is 30.1 Å². The summed E-state index contributed by atoms with van der Waals surface area (Å²) < 4.78 is 1.27. The molecular formula is C16H15N3S. The molecule has 1 saturated carbocycles. The number of thiophene rings is 1. The lowest BCUT2D eigenvalue weighted by molar-refractivity contribution is 0.928. The summed E-state index contributed by atoms with van der Waals surface area (Å²) in [5.41, 5.74) is 9.24. The molecular weight excluding hydrogens is 266 g/mol. The van der Waals surface area contributed by atoms with Crippen LogP contribution in [0.25, 0.3) is 21.3 Å². The molecule has 2 heterocycles. The van der Waals surface area contributed by atoms with Crippen molar-refractivity contribution in [3.63, 3.8) is 0 Å². The van der Waals surface area contributed by atoms with Crippen LogP contribution in [0.4, 0.5) is 5.82 Å². The molecule has 4 rings (SSSR count). The summed E-state index contributed by atoms with van der Waals surface area (Å²) >= 11 is 1.75. The molecule has 2 N–H and O–H groups in total. The minimum Gasteiger partial charge on any atom is -0.383 e. The molecule has 1 fully saturated rings. The summed E-state index contributed by atoms with van der Waals surface area (Å²) in [7, 11) is 0. The van der Waals surface area contributed by atoms with Crippen molar-refractivity contribution in [3.05, 3.63) is 41.0 Å². The average molecular weight is 281 g/mol. The number of hydrogen-bond donors (Lipinski definition) is 1. The zero-order valence-corrected chi connectivity index (χ0v) is 12.1. The number of rotatable bonds is 2. The van der Waals surface area contributed by atoms with Crippen molar-refractivity contribution in [1.29, 1.82) is 0 Å². The van der Waals surface area contributed by atoms with Crippen LogP contribution in [0, 0.1) is 6.92 Å². The largest absolute Gasteiger partial charge is 0.383 e. The molecule has 2 aromatic heterocycles. The van der Waals surface area contributed by atoms with Gasteiger partial charge in [-0.1, -0.05) is 18.2 Å². The van der Waals surface area contributed by atoms with Gasteiger partial charge in [0.2, 0.25) is 0 Å². The van der Waals surface area contributed by atoms with Crippen molar-refractivity contribution in [2.75, 3.05) is 5.73 Å². The van der Waals surface area contributed by atoms with Crippen molar-refractivity contribution in [2.45, 2.75) is 25.7 Å². The standard InChI is InChI=1S/C16H15N3S/c1-9-13(18-16(11-5-6-11)19-15(9)17)12-4-2-3-10-7-8-20-14(10)12/h2-4,7-8,11H,5-6H2,1H3,(H2,17,18,19). The van der Waals surface area contributed by atoms with Gasteiger partial charge in [-0.25, -0.2) is 9.97 Å². The lowest BCUT2D eigenvalue weighted by Gasteiger charge is -2.10. The van der Waals surface area contributed by atoms with Gasteiger partial charge in [-0.15, -0.1) is 11.3 Å². The monoisotopic (exact) mass is 281 g/mol. The molecule has 0 amide bonds. The van der Waals surface area contributed by atoms with E-state index in [0.29, 0.717) is 11.7 Å². The molecule has 0 bridgehead atoms. The quantitative estimate of drug-likeness (QED) is 0.768. The fourth-order valence-electron chi connectivity index (χ4n) is 2.52. The lowest BCUT2D eigenvalue weighted by atomic mass is 10.1. The fraction of sp³-hybridized carbons (Fsp3) is 0.250. The smallest absolute Gasteiger partial charge is 0.134 e. The van der Waals surface area contributed by atoms with Gasteiger partial charge in [-0.3, -0.25) is 0 Å². The van der Waals surface area contributed by atoms with Gasteiger partial charge < -0.3 is 5.73 Å². The third-order valence-electron chi connectivity index (χ3n) is 3.88. The highest BCUT2D eigenvalue weighted by molar-refractivity contribution is 7.17. The summed E-state index contributed by atoms with van der Waals surface area (Å²) in [5, 5.41) is 3.38. The van der Waals surface area contributed by atoms with E-state index in [1.165, 1.54) is 28.5 Å². The Labute approximate surface area is 121 Å². The second kappa shape index (κ2) is 4.28. The zero-order valence-electron chi connectivity index (χ0n) is 11.3. The van der Waals surface area contributed by atoms with Gasteiger partial charge in [0, 0.05) is 21.7 Å². The minimum atomic E-state index is 0.513. The highest BCUT2D eigenvalue weighted by atomic mass is 32.1. The molecule has 0 spiro atoms. The Morgan fingerprint density at radius 3 is 2.85 bits per heavy atom. The van der Waals surface area contributed by atoms with E-state index in [9.17, 15) is 0 Å². The van der Waals surface area contributed by atoms with Crippen LogP contribution >= 0.6 is 11.3 Å². The number of aromatic nitrogens is 2. The fourth-order valence-corrected chi connectivity index (χ4v) is 3.43. The van der Waals surface area contributed by atoms with E-state index in [1.807, 2.05) is 6.92 Å². The third-order valence-corrected chi connectivity index (χ3v) is 4.84. The number of nitrogens with zero attached hydrogens (tertiary/aromatic N) is 2. The maximum atomic E-state index is 6.10. The van der Waals surface area contributed by atoms with Crippen LogP contribution in [0.3, 0.4) is 0 Å². The van der Waals surface area contributed by atoms with Gasteiger partial charge in [0.1, 0.15) is 11.6 Å². The first-order valence-electron chi connectivity index (χ1n) is 6.84. The van der Waals surface area contributed by atoms with Crippen LogP contribution in [-0.4, -0.2) is 9.97 Å². The minimum absolute atomic E-state index is 0.513. The van der Waals surface area contributed by atoms with Crippen molar-refractivity contribution in [3.8, 4) is 11.3 Å². The summed E-state index contributed by atoms with van der Waals surface area (Å²) in [4.78, 5) is 9.27. The van der Waals surface area contributed by atoms with E-state index in [2.05, 4.69) is 34.6 Å². The lowest BCUT2D eigenvalue weighted by Crippen LogP contribution is -2.04. The molecule has 20 heavy (non-hydrogen) atoms. The molecule has 1 aliphatic rings. The summed E-state index contributed by atoms with van der Waals surface area (Å²) in [6.45, 7) is 2.01. The molecule has 3 nitrogen and oxygen atoms in total. The van der Waals surface area contributed by atoms with Crippen LogP contribution in [-0.2, 0) is 0 Å². The van der Waals surface area contributed by atoms with E-state index in [0.717, 1.165) is 17.1 Å². The Kier molecular flexibility index (Phi) is 2.54. The number of benzene rings is 1. The molecule has 3 aromatic rings. The molecule has 1 aliphatic carbocycles. The van der Waals surface area contributed by atoms with Crippen LogP contribution in [0.15, 0.2) is 29.6 Å².